The molecule has 0 amide bonds. The lowest BCUT2D eigenvalue weighted by atomic mass is 10.0. The van der Waals surface area contributed by atoms with Gasteiger partial charge in [0.1, 0.15) is 0 Å². The van der Waals surface area contributed by atoms with E-state index < -0.39 is 0 Å². The van der Waals surface area contributed by atoms with Gasteiger partial charge < -0.3 is 9.88 Å². The van der Waals surface area contributed by atoms with E-state index in [1.807, 2.05) is 49.5 Å². The molecule has 1 aliphatic carbocycles. The molecule has 2 aromatic carbocycles. The van der Waals surface area contributed by atoms with Crippen molar-refractivity contribution in [2.75, 3.05) is 13.6 Å². The van der Waals surface area contributed by atoms with Crippen molar-refractivity contribution in [3.05, 3.63) is 70.0 Å². The largest absolute Gasteiger partial charge is 0.318 e. The standard InChI is InChI=1S/C19H16N2O2/c1-20-10-11-21-17-13-7-3-4-8-14(13)18(22)16(17)12-6-2-5-9-15(12)19(21)23/h2-9,20H,10-11H2,1H3. The number of fused-ring (bicyclic) bond motifs is 5. The molecule has 4 nitrogen and oxygen atoms in total. The number of ketones is 1. The van der Waals surface area contributed by atoms with Crippen LogP contribution < -0.4 is 10.9 Å². The van der Waals surface area contributed by atoms with E-state index in [0.29, 0.717) is 29.6 Å². The number of rotatable bonds is 3. The Hall–Kier alpha value is -2.72. The lowest BCUT2D eigenvalue weighted by Crippen LogP contribution is -2.27. The summed E-state index contributed by atoms with van der Waals surface area (Å²) < 4.78 is 1.73. The first-order chi connectivity index (χ1) is 11.2. The first-order valence-corrected chi connectivity index (χ1v) is 7.68. The fourth-order valence-corrected chi connectivity index (χ4v) is 3.37. The van der Waals surface area contributed by atoms with E-state index in [-0.39, 0.29) is 11.3 Å². The van der Waals surface area contributed by atoms with E-state index in [9.17, 15) is 9.59 Å². The molecule has 4 heteroatoms. The van der Waals surface area contributed by atoms with Crippen molar-refractivity contribution < 1.29 is 4.79 Å². The van der Waals surface area contributed by atoms with Crippen molar-refractivity contribution in [3.8, 4) is 11.3 Å². The minimum Gasteiger partial charge on any atom is -0.318 e. The van der Waals surface area contributed by atoms with Gasteiger partial charge in [0, 0.05) is 35.0 Å². The first-order valence-electron chi connectivity index (χ1n) is 7.68. The molecule has 1 aromatic heterocycles. The number of benzene rings is 2. The second kappa shape index (κ2) is 5.18. The average molecular weight is 304 g/mol. The Bertz CT molecular complexity index is 1000. The molecule has 0 saturated carbocycles. The fourth-order valence-electron chi connectivity index (χ4n) is 3.37. The molecule has 0 unspecified atom stereocenters. The Morgan fingerprint density at radius 1 is 0.913 bits per heavy atom. The van der Waals surface area contributed by atoms with E-state index in [2.05, 4.69) is 5.32 Å². The SMILES string of the molecule is CNCCn1c2c(c3ccccc3c1=O)C(=O)c1ccccc1-2. The van der Waals surface area contributed by atoms with Crippen LogP contribution in [0.25, 0.3) is 22.0 Å². The van der Waals surface area contributed by atoms with Crippen molar-refractivity contribution in [1.82, 2.24) is 9.88 Å². The molecule has 1 heterocycles. The van der Waals surface area contributed by atoms with Gasteiger partial charge in [-0.25, -0.2) is 0 Å². The summed E-state index contributed by atoms with van der Waals surface area (Å²) in [5.41, 5.74) is 2.89. The van der Waals surface area contributed by atoms with Crippen LogP contribution in [-0.4, -0.2) is 23.9 Å². The van der Waals surface area contributed by atoms with E-state index in [0.717, 1.165) is 16.6 Å². The molecular weight excluding hydrogens is 288 g/mol. The third-order valence-electron chi connectivity index (χ3n) is 4.42. The van der Waals surface area contributed by atoms with Gasteiger partial charge in [0.2, 0.25) is 0 Å². The minimum absolute atomic E-state index is 0.00464. The van der Waals surface area contributed by atoms with Gasteiger partial charge in [-0.3, -0.25) is 9.59 Å². The number of pyridine rings is 1. The highest BCUT2D eigenvalue weighted by Crippen LogP contribution is 2.38. The zero-order valence-corrected chi connectivity index (χ0v) is 12.8. The quantitative estimate of drug-likeness (QED) is 0.632. The van der Waals surface area contributed by atoms with Crippen molar-refractivity contribution in [2.24, 2.45) is 0 Å². The van der Waals surface area contributed by atoms with Gasteiger partial charge in [0.05, 0.1) is 11.3 Å². The number of hydrogen-bond donors (Lipinski definition) is 1. The summed E-state index contributed by atoms with van der Waals surface area (Å²) in [4.78, 5) is 25.8. The highest BCUT2D eigenvalue weighted by atomic mass is 16.1. The average Bonchev–Trinajstić information content (AvgIpc) is 2.89. The maximum Gasteiger partial charge on any atom is 0.258 e. The maximum atomic E-state index is 12.9. The van der Waals surface area contributed by atoms with Gasteiger partial charge >= 0.3 is 0 Å². The molecule has 0 aliphatic heterocycles. The van der Waals surface area contributed by atoms with Crippen LogP contribution in [-0.2, 0) is 6.54 Å². The Labute approximate surface area is 133 Å². The third kappa shape index (κ3) is 1.88. The topological polar surface area (TPSA) is 51.1 Å². The maximum absolute atomic E-state index is 12.9. The van der Waals surface area contributed by atoms with Crippen LogP contribution in [0.1, 0.15) is 15.9 Å². The van der Waals surface area contributed by atoms with Crippen LogP contribution in [0, 0.1) is 0 Å². The second-order valence-electron chi connectivity index (χ2n) is 5.70. The van der Waals surface area contributed by atoms with Crippen molar-refractivity contribution in [2.45, 2.75) is 6.54 Å². The summed E-state index contributed by atoms with van der Waals surface area (Å²) in [7, 11) is 1.85. The molecule has 0 fully saturated rings. The zero-order chi connectivity index (χ0) is 16.0. The third-order valence-corrected chi connectivity index (χ3v) is 4.42. The molecule has 0 saturated heterocycles. The molecule has 3 aromatic rings. The number of likely N-dealkylation sites (N-methyl/N-ethyl adjacent to an activating group) is 1. The van der Waals surface area contributed by atoms with E-state index >= 15 is 0 Å². The predicted octanol–water partition coefficient (Wildman–Crippen LogP) is 2.43. The Morgan fingerprint density at radius 3 is 2.30 bits per heavy atom. The zero-order valence-electron chi connectivity index (χ0n) is 12.8. The molecule has 0 bridgehead atoms. The summed E-state index contributed by atoms with van der Waals surface area (Å²) in [6.07, 6.45) is 0. The molecule has 1 aliphatic rings. The minimum atomic E-state index is -0.0425. The number of carbonyl (C=O) groups is 1. The normalized spacial score (nSPS) is 12.5. The van der Waals surface area contributed by atoms with Gasteiger partial charge in [0.15, 0.2) is 5.78 Å². The predicted molar refractivity (Wildman–Crippen MR) is 91.0 cm³/mol. The summed E-state index contributed by atoms with van der Waals surface area (Å²) in [6.45, 7) is 1.20. The highest BCUT2D eigenvalue weighted by Gasteiger charge is 2.31. The van der Waals surface area contributed by atoms with E-state index in [1.54, 1.807) is 10.6 Å². The molecule has 4 rings (SSSR count). The second-order valence-corrected chi connectivity index (χ2v) is 5.70. The summed E-state index contributed by atoms with van der Waals surface area (Å²) in [5, 5.41) is 4.42. The molecular formula is C19H16N2O2. The smallest absolute Gasteiger partial charge is 0.258 e. The van der Waals surface area contributed by atoms with Crippen LogP contribution >= 0.6 is 0 Å². The molecule has 0 atom stereocenters. The van der Waals surface area contributed by atoms with Crippen molar-refractivity contribution in [3.63, 3.8) is 0 Å². The number of nitrogens with zero attached hydrogens (tertiary/aromatic N) is 1. The highest BCUT2D eigenvalue weighted by molar-refractivity contribution is 6.26. The number of carbonyl (C=O) groups excluding carboxylic acids is 1. The van der Waals surface area contributed by atoms with Crippen LogP contribution in [0.15, 0.2) is 53.3 Å². The van der Waals surface area contributed by atoms with Gasteiger partial charge in [-0.2, -0.15) is 0 Å². The lowest BCUT2D eigenvalue weighted by Gasteiger charge is -2.14. The molecule has 0 radical (unpaired) electrons. The number of aromatic nitrogens is 1. The van der Waals surface area contributed by atoms with Gasteiger partial charge in [-0.15, -0.1) is 0 Å². The first kappa shape index (κ1) is 13.9. The summed E-state index contributed by atoms with van der Waals surface area (Å²) in [5.74, 6) is 0.00464. The van der Waals surface area contributed by atoms with Crippen LogP contribution in [0.4, 0.5) is 0 Å². The van der Waals surface area contributed by atoms with E-state index in [4.69, 9.17) is 0 Å². The fraction of sp³-hybridized carbons (Fsp3) is 0.158. The van der Waals surface area contributed by atoms with E-state index in [1.165, 1.54) is 0 Å². The number of nitrogens with one attached hydrogen (secondary N) is 1. The molecule has 114 valence electrons. The molecule has 23 heavy (non-hydrogen) atoms. The monoisotopic (exact) mass is 304 g/mol. The van der Waals surface area contributed by atoms with Gasteiger partial charge in [-0.05, 0) is 13.1 Å². The number of hydrogen-bond acceptors (Lipinski definition) is 3. The van der Waals surface area contributed by atoms with Crippen LogP contribution in [0.3, 0.4) is 0 Å². The summed E-state index contributed by atoms with van der Waals surface area (Å²) >= 11 is 0. The van der Waals surface area contributed by atoms with Crippen LogP contribution in [0.2, 0.25) is 0 Å². The van der Waals surface area contributed by atoms with Crippen LogP contribution in [0.5, 0.6) is 0 Å². The van der Waals surface area contributed by atoms with Crippen molar-refractivity contribution in [1.29, 1.82) is 0 Å². The van der Waals surface area contributed by atoms with Gasteiger partial charge in [-0.1, -0.05) is 42.5 Å². The van der Waals surface area contributed by atoms with Gasteiger partial charge in [0.25, 0.3) is 5.56 Å². The lowest BCUT2D eigenvalue weighted by molar-refractivity contribution is 0.104. The molecule has 0 spiro atoms. The van der Waals surface area contributed by atoms with Crippen molar-refractivity contribution >= 4 is 16.6 Å². The Kier molecular flexibility index (Phi) is 3.13. The summed E-state index contributed by atoms with van der Waals surface area (Å²) in [6, 6.07) is 14.9. The Balaban J connectivity index is 2.16. The molecule has 1 N–H and O–H groups in total. The Morgan fingerprint density at radius 2 is 1.57 bits per heavy atom.